The topological polar surface area (TPSA) is 78.5 Å². The molecule has 33 heavy (non-hydrogen) atoms. The molecule has 3 aromatic heterocycles. The highest BCUT2D eigenvalue weighted by Crippen LogP contribution is 2.24. The molecule has 0 saturated heterocycles. The maximum Gasteiger partial charge on any atom is 0.331 e. The van der Waals surface area contributed by atoms with Gasteiger partial charge in [-0.1, -0.05) is 47.5 Å². The molecule has 0 unspecified atom stereocenters. The third kappa shape index (κ3) is 5.16. The highest BCUT2D eigenvalue weighted by molar-refractivity contribution is 6.32. The van der Waals surface area contributed by atoms with Gasteiger partial charge in [-0.25, -0.2) is 14.5 Å². The second kappa shape index (κ2) is 9.60. The zero-order valence-corrected chi connectivity index (χ0v) is 19.5. The lowest BCUT2D eigenvalue weighted by atomic mass is 10.2. The minimum Gasteiger partial charge on any atom is -0.456 e. The van der Waals surface area contributed by atoms with Crippen LogP contribution in [0.5, 0.6) is 0 Å². The van der Waals surface area contributed by atoms with Crippen molar-refractivity contribution in [2.24, 2.45) is 0 Å². The van der Waals surface area contributed by atoms with E-state index in [2.05, 4.69) is 10.1 Å². The van der Waals surface area contributed by atoms with Crippen molar-refractivity contribution in [3.63, 3.8) is 0 Å². The van der Waals surface area contributed by atoms with Gasteiger partial charge in [-0.2, -0.15) is 5.10 Å². The summed E-state index contributed by atoms with van der Waals surface area (Å²) < 4.78 is 8.32. The fourth-order valence-corrected chi connectivity index (χ4v) is 3.82. The molecule has 3 heterocycles. The molecule has 0 saturated carbocycles. The number of esters is 1. The van der Waals surface area contributed by atoms with Crippen molar-refractivity contribution in [1.82, 2.24) is 19.2 Å². The van der Waals surface area contributed by atoms with Crippen LogP contribution in [0.4, 0.5) is 0 Å². The second-order valence-electron chi connectivity index (χ2n) is 7.50. The molecule has 168 valence electrons. The summed E-state index contributed by atoms with van der Waals surface area (Å²) in [4.78, 5) is 28.9. The zero-order valence-electron chi connectivity index (χ0n) is 18.0. The molecule has 1 aromatic carbocycles. The molecule has 0 radical (unpaired) electrons. The summed E-state index contributed by atoms with van der Waals surface area (Å²) in [7, 11) is 0. The summed E-state index contributed by atoms with van der Waals surface area (Å²) in [6, 6.07) is 12.4. The Balaban J connectivity index is 1.44. The third-order valence-electron chi connectivity index (χ3n) is 5.00. The molecule has 0 N–H and O–H groups in total. The van der Waals surface area contributed by atoms with Crippen molar-refractivity contribution in [2.45, 2.75) is 27.0 Å². The molecule has 0 aliphatic heterocycles. The Hall–Kier alpha value is -3.42. The van der Waals surface area contributed by atoms with Crippen LogP contribution in [-0.4, -0.2) is 25.1 Å². The van der Waals surface area contributed by atoms with Gasteiger partial charge in [-0.05, 0) is 43.2 Å². The first kappa shape index (κ1) is 22.8. The number of hydrogen-bond donors (Lipinski definition) is 0. The average molecular weight is 483 g/mol. The van der Waals surface area contributed by atoms with Crippen molar-refractivity contribution in [3.05, 3.63) is 103 Å². The van der Waals surface area contributed by atoms with Crippen LogP contribution in [0, 0.1) is 13.8 Å². The van der Waals surface area contributed by atoms with Crippen LogP contribution in [0.3, 0.4) is 0 Å². The Morgan fingerprint density at radius 1 is 1.15 bits per heavy atom. The van der Waals surface area contributed by atoms with Gasteiger partial charge in [0.2, 0.25) is 0 Å². The SMILES string of the molecule is Cc1ccc2nc(COC(=O)/C=C/c3c(C)nn(Cc4ccccc4Cl)c3Cl)cc(=O)n2c1. The van der Waals surface area contributed by atoms with E-state index in [1.807, 2.05) is 31.2 Å². The van der Waals surface area contributed by atoms with Gasteiger partial charge in [0.05, 0.1) is 17.9 Å². The van der Waals surface area contributed by atoms with Gasteiger partial charge in [0.15, 0.2) is 0 Å². The molecule has 0 aliphatic rings. The highest BCUT2D eigenvalue weighted by Gasteiger charge is 2.13. The number of rotatable bonds is 6. The lowest BCUT2D eigenvalue weighted by Gasteiger charge is -2.06. The Labute approximate surface area is 199 Å². The van der Waals surface area contributed by atoms with Crippen molar-refractivity contribution < 1.29 is 9.53 Å². The lowest BCUT2D eigenvalue weighted by molar-refractivity contribution is -0.139. The summed E-state index contributed by atoms with van der Waals surface area (Å²) in [5.74, 6) is -0.588. The van der Waals surface area contributed by atoms with Crippen LogP contribution >= 0.6 is 23.2 Å². The molecule has 0 aliphatic carbocycles. The van der Waals surface area contributed by atoms with Gasteiger partial charge in [0.25, 0.3) is 5.56 Å². The zero-order chi connectivity index (χ0) is 23.5. The van der Waals surface area contributed by atoms with E-state index in [0.29, 0.717) is 39.3 Å². The standard InChI is InChI=1S/C24H20Cl2N4O3/c1-15-7-9-21-27-18(11-22(31)29(21)12-15)14-33-23(32)10-8-19-16(2)28-30(24(19)26)13-17-5-3-4-6-20(17)25/h3-12H,13-14H2,1-2H3/b10-8+. The quantitative estimate of drug-likeness (QED) is 0.296. The van der Waals surface area contributed by atoms with Crippen LogP contribution in [0.1, 0.15) is 28.1 Å². The number of fused-ring (bicyclic) bond motifs is 1. The van der Waals surface area contributed by atoms with E-state index >= 15 is 0 Å². The summed E-state index contributed by atoms with van der Waals surface area (Å²) in [5.41, 5.74) is 3.72. The van der Waals surface area contributed by atoms with Crippen LogP contribution in [0.25, 0.3) is 11.7 Å². The van der Waals surface area contributed by atoms with E-state index in [-0.39, 0.29) is 12.2 Å². The first-order valence-corrected chi connectivity index (χ1v) is 10.9. The molecular formula is C24H20Cl2N4O3. The Morgan fingerprint density at radius 2 is 1.94 bits per heavy atom. The Kier molecular flexibility index (Phi) is 6.62. The third-order valence-corrected chi connectivity index (χ3v) is 5.76. The predicted octanol–water partition coefficient (Wildman–Crippen LogP) is 4.62. The molecule has 0 bridgehead atoms. The number of nitrogens with zero attached hydrogens (tertiary/aromatic N) is 4. The molecule has 7 nitrogen and oxygen atoms in total. The number of carbonyl (C=O) groups is 1. The summed E-state index contributed by atoms with van der Waals surface area (Å²) in [6.45, 7) is 3.97. The van der Waals surface area contributed by atoms with Crippen molar-refractivity contribution in [1.29, 1.82) is 0 Å². The molecule has 0 spiro atoms. The van der Waals surface area contributed by atoms with E-state index < -0.39 is 5.97 Å². The van der Waals surface area contributed by atoms with Gasteiger partial charge in [-0.15, -0.1) is 0 Å². The number of aromatic nitrogens is 4. The smallest absolute Gasteiger partial charge is 0.331 e. The van der Waals surface area contributed by atoms with Crippen LogP contribution in [-0.2, 0) is 22.7 Å². The van der Waals surface area contributed by atoms with E-state index in [4.69, 9.17) is 27.9 Å². The van der Waals surface area contributed by atoms with Gasteiger partial charge in [0.1, 0.15) is 17.4 Å². The van der Waals surface area contributed by atoms with E-state index in [1.165, 1.54) is 16.5 Å². The molecule has 9 heteroatoms. The van der Waals surface area contributed by atoms with Crippen LogP contribution in [0.2, 0.25) is 10.2 Å². The van der Waals surface area contributed by atoms with E-state index in [0.717, 1.165) is 11.1 Å². The molecule has 0 atom stereocenters. The maximum atomic E-state index is 12.3. The monoisotopic (exact) mass is 482 g/mol. The fraction of sp³-hybridized carbons (Fsp3) is 0.167. The maximum absolute atomic E-state index is 12.3. The first-order chi connectivity index (χ1) is 15.8. The number of aryl methyl sites for hydroxylation is 2. The van der Waals surface area contributed by atoms with Gasteiger partial charge in [0, 0.05) is 28.9 Å². The van der Waals surface area contributed by atoms with Crippen molar-refractivity contribution >= 4 is 40.9 Å². The minimum atomic E-state index is -0.588. The number of halogens is 2. The van der Waals surface area contributed by atoms with Gasteiger partial charge in [-0.3, -0.25) is 9.20 Å². The Morgan fingerprint density at radius 3 is 2.73 bits per heavy atom. The Bertz CT molecular complexity index is 1440. The fourth-order valence-electron chi connectivity index (χ4n) is 3.33. The van der Waals surface area contributed by atoms with Gasteiger partial charge >= 0.3 is 5.97 Å². The largest absolute Gasteiger partial charge is 0.456 e. The molecule has 4 rings (SSSR count). The van der Waals surface area contributed by atoms with Crippen molar-refractivity contribution in [3.8, 4) is 0 Å². The molecule has 4 aromatic rings. The summed E-state index contributed by atoms with van der Waals surface area (Å²) in [6.07, 6.45) is 4.54. The predicted molar refractivity (Wildman–Crippen MR) is 128 cm³/mol. The number of ether oxygens (including phenoxy) is 1. The average Bonchev–Trinajstić information content (AvgIpc) is 3.05. The summed E-state index contributed by atoms with van der Waals surface area (Å²) >= 11 is 12.7. The van der Waals surface area contributed by atoms with Crippen LogP contribution < -0.4 is 5.56 Å². The summed E-state index contributed by atoms with van der Waals surface area (Å²) in [5, 5.41) is 5.45. The number of pyridine rings is 1. The highest BCUT2D eigenvalue weighted by atomic mass is 35.5. The lowest BCUT2D eigenvalue weighted by Crippen LogP contribution is -2.16. The number of benzene rings is 1. The minimum absolute atomic E-state index is 0.124. The van der Waals surface area contributed by atoms with E-state index in [1.54, 1.807) is 36.0 Å². The van der Waals surface area contributed by atoms with E-state index in [9.17, 15) is 9.59 Å². The molecule has 0 fully saturated rings. The van der Waals surface area contributed by atoms with Crippen LogP contribution in [0.15, 0.2) is 59.5 Å². The van der Waals surface area contributed by atoms with Gasteiger partial charge < -0.3 is 4.74 Å². The number of hydrogen-bond acceptors (Lipinski definition) is 5. The second-order valence-corrected chi connectivity index (χ2v) is 8.27. The number of carbonyl (C=O) groups excluding carboxylic acids is 1. The first-order valence-electron chi connectivity index (χ1n) is 10.1. The molecule has 0 amide bonds. The molecular weight excluding hydrogens is 463 g/mol. The van der Waals surface area contributed by atoms with Crippen molar-refractivity contribution in [2.75, 3.05) is 0 Å². The normalized spacial score (nSPS) is 11.4.